The molecule has 0 saturated heterocycles. The molecular weight excluding hydrogens is 659 g/mol. The molecule has 13 rings (SSSR count). The van der Waals surface area contributed by atoms with Gasteiger partial charge in [0.25, 0.3) is 0 Å². The monoisotopic (exact) mass is 688 g/mol. The van der Waals surface area contributed by atoms with E-state index in [2.05, 4.69) is 174 Å². The zero-order valence-corrected chi connectivity index (χ0v) is 29.3. The summed E-state index contributed by atoms with van der Waals surface area (Å²) in [5, 5.41) is 6.97. The summed E-state index contributed by atoms with van der Waals surface area (Å²) in [5.74, 6) is 0. The summed E-state index contributed by atoms with van der Waals surface area (Å²) >= 11 is 0. The van der Waals surface area contributed by atoms with Gasteiger partial charge >= 0.3 is 6.85 Å². The number of para-hydroxylation sites is 3. The normalized spacial score (nSPS) is 13.2. The number of rotatable bonds is 2. The molecule has 5 heteroatoms. The van der Waals surface area contributed by atoms with Crippen LogP contribution >= 0.6 is 0 Å². The highest BCUT2D eigenvalue weighted by Gasteiger charge is 2.45. The van der Waals surface area contributed by atoms with Gasteiger partial charge in [-0.15, -0.1) is 0 Å². The number of aromatic nitrogens is 1. The van der Waals surface area contributed by atoms with Crippen LogP contribution in [-0.2, 0) is 0 Å². The molecule has 0 amide bonds. The number of nitrogens with zero attached hydrogens (tertiary/aromatic N) is 2. The van der Waals surface area contributed by atoms with E-state index in [-0.39, 0.29) is 6.85 Å². The quantitative estimate of drug-likeness (QED) is 0.170. The first-order valence-electron chi connectivity index (χ1n) is 18.6. The fourth-order valence-corrected chi connectivity index (χ4v) is 9.88. The van der Waals surface area contributed by atoms with Crippen LogP contribution in [0.5, 0.6) is 0 Å². The third-order valence-electron chi connectivity index (χ3n) is 12.0. The maximum absolute atomic E-state index is 6.78. The van der Waals surface area contributed by atoms with Crippen molar-refractivity contribution < 1.29 is 8.83 Å². The van der Waals surface area contributed by atoms with Crippen LogP contribution < -0.4 is 15.8 Å². The van der Waals surface area contributed by atoms with Crippen molar-refractivity contribution in [2.45, 2.75) is 6.92 Å². The molecule has 0 spiro atoms. The fourth-order valence-electron chi connectivity index (χ4n) is 9.88. The first kappa shape index (κ1) is 28.6. The van der Waals surface area contributed by atoms with E-state index in [1.807, 2.05) is 0 Å². The first-order valence-corrected chi connectivity index (χ1v) is 18.6. The molecule has 0 radical (unpaired) electrons. The van der Waals surface area contributed by atoms with Crippen LogP contribution in [0.4, 0.5) is 17.1 Å². The van der Waals surface area contributed by atoms with E-state index >= 15 is 0 Å². The molecule has 0 atom stereocenters. The summed E-state index contributed by atoms with van der Waals surface area (Å²) in [5.41, 5.74) is 18.1. The van der Waals surface area contributed by atoms with Crippen LogP contribution in [0.1, 0.15) is 5.56 Å². The Morgan fingerprint density at radius 2 is 1.26 bits per heavy atom. The Morgan fingerprint density at radius 1 is 0.519 bits per heavy atom. The Balaban J connectivity index is 1.28. The van der Waals surface area contributed by atoms with Crippen molar-refractivity contribution in [1.82, 2.24) is 4.48 Å². The van der Waals surface area contributed by atoms with Crippen molar-refractivity contribution in [1.29, 1.82) is 0 Å². The minimum Gasteiger partial charge on any atom is -0.456 e. The van der Waals surface area contributed by atoms with Gasteiger partial charge in [-0.25, -0.2) is 0 Å². The minimum atomic E-state index is -0.134. The molecule has 4 nitrogen and oxygen atoms in total. The van der Waals surface area contributed by atoms with Crippen LogP contribution in [0.25, 0.3) is 87.9 Å². The van der Waals surface area contributed by atoms with Crippen molar-refractivity contribution in [3.63, 3.8) is 0 Å². The second-order valence-corrected chi connectivity index (χ2v) is 14.9. The van der Waals surface area contributed by atoms with Crippen molar-refractivity contribution in [2.24, 2.45) is 0 Å². The summed E-state index contributed by atoms with van der Waals surface area (Å²) in [7, 11) is 0. The van der Waals surface area contributed by atoms with Gasteiger partial charge in [-0.1, -0.05) is 115 Å². The number of hydrogen-bond acceptors (Lipinski definition) is 3. The molecule has 0 aliphatic carbocycles. The van der Waals surface area contributed by atoms with Gasteiger partial charge in [-0.2, -0.15) is 0 Å². The lowest BCUT2D eigenvalue weighted by molar-refractivity contribution is 0.669. The van der Waals surface area contributed by atoms with Crippen molar-refractivity contribution in [3.05, 3.63) is 163 Å². The summed E-state index contributed by atoms with van der Waals surface area (Å²) in [6.07, 6.45) is 0. The van der Waals surface area contributed by atoms with E-state index in [1.165, 1.54) is 60.7 Å². The van der Waals surface area contributed by atoms with E-state index in [1.54, 1.807) is 0 Å². The number of aryl methyl sites for hydroxylation is 1. The lowest BCUT2D eigenvalue weighted by Gasteiger charge is -2.41. The summed E-state index contributed by atoms with van der Waals surface area (Å²) in [6, 6.07) is 57.3. The summed E-state index contributed by atoms with van der Waals surface area (Å²) in [4.78, 5) is 2.56. The summed E-state index contributed by atoms with van der Waals surface area (Å²) in [6.45, 7) is 2.05. The molecule has 3 aromatic heterocycles. The highest BCUT2D eigenvalue weighted by molar-refractivity contribution is 6.91. The average Bonchev–Trinajstić information content (AvgIpc) is 3.89. The number of fused-ring (bicyclic) bond motifs is 15. The molecule has 0 saturated carbocycles. The average molecular weight is 689 g/mol. The first-order chi connectivity index (χ1) is 26.7. The Bertz CT molecular complexity index is 3420. The Kier molecular flexibility index (Phi) is 5.36. The zero-order valence-electron chi connectivity index (χ0n) is 29.3. The van der Waals surface area contributed by atoms with E-state index in [0.29, 0.717) is 0 Å². The molecule has 54 heavy (non-hydrogen) atoms. The van der Waals surface area contributed by atoms with E-state index < -0.39 is 0 Å². The maximum Gasteiger partial charge on any atom is 0.333 e. The standard InChI is InChI=1S/C49H29BN2O2/c1-28-22-24-38(36(26-28)29-12-3-2-4-13-29)51-39-27-30-14-5-6-15-31(30)43-34-18-11-19-35-46(34)52(47-33-17-8-10-21-41(33)54-49(35)47)50(45(39)43)37-23-25-42-44(48(37)51)32-16-7-9-20-40(32)53-42/h2-27H,1H3. The van der Waals surface area contributed by atoms with Gasteiger partial charge in [0.1, 0.15) is 16.7 Å². The van der Waals surface area contributed by atoms with E-state index in [0.717, 1.165) is 60.8 Å². The highest BCUT2D eigenvalue weighted by Crippen LogP contribution is 2.52. The molecule has 8 aromatic carbocycles. The molecule has 0 fully saturated rings. The number of benzene rings is 8. The molecule has 2 aliphatic heterocycles. The summed E-state index contributed by atoms with van der Waals surface area (Å²) < 4.78 is 16.1. The SMILES string of the molecule is Cc1ccc(N2c3cc4ccccc4c4c3B(c3ccc5oc6ccccc6c5c32)n2c3c-4cccc3c3oc4ccccc4c32)c(-c2ccccc2)c1. The minimum absolute atomic E-state index is 0.134. The maximum atomic E-state index is 6.78. The topological polar surface area (TPSA) is 34.5 Å². The zero-order chi connectivity index (χ0) is 35.2. The largest absolute Gasteiger partial charge is 0.456 e. The van der Waals surface area contributed by atoms with Gasteiger partial charge in [0.15, 0.2) is 5.58 Å². The predicted molar refractivity (Wildman–Crippen MR) is 225 cm³/mol. The molecule has 2 aliphatic rings. The third kappa shape index (κ3) is 3.49. The number of hydrogen-bond donors (Lipinski definition) is 0. The smallest absolute Gasteiger partial charge is 0.333 e. The van der Waals surface area contributed by atoms with Crippen LogP contribution in [0.2, 0.25) is 0 Å². The van der Waals surface area contributed by atoms with Gasteiger partial charge in [0.2, 0.25) is 0 Å². The van der Waals surface area contributed by atoms with E-state index in [9.17, 15) is 0 Å². The van der Waals surface area contributed by atoms with Crippen molar-refractivity contribution in [2.75, 3.05) is 4.90 Å². The highest BCUT2D eigenvalue weighted by atomic mass is 16.3. The van der Waals surface area contributed by atoms with Crippen molar-refractivity contribution in [3.8, 4) is 22.3 Å². The Labute approximate surface area is 310 Å². The molecule has 250 valence electrons. The predicted octanol–water partition coefficient (Wildman–Crippen LogP) is 12.0. The Morgan fingerprint density at radius 3 is 2.13 bits per heavy atom. The molecule has 11 aromatic rings. The third-order valence-corrected chi connectivity index (χ3v) is 12.0. The second-order valence-electron chi connectivity index (χ2n) is 14.9. The van der Waals surface area contributed by atoms with Gasteiger partial charge in [0, 0.05) is 38.5 Å². The molecular formula is C49H29BN2O2. The fraction of sp³-hybridized carbons (Fsp3) is 0.0204. The number of anilines is 3. The van der Waals surface area contributed by atoms with Crippen LogP contribution in [-0.4, -0.2) is 11.3 Å². The van der Waals surface area contributed by atoms with Gasteiger partial charge in [-0.05, 0) is 88.3 Å². The van der Waals surface area contributed by atoms with Crippen LogP contribution in [0.3, 0.4) is 0 Å². The lowest BCUT2D eigenvalue weighted by Crippen LogP contribution is -2.56. The molecule has 0 bridgehead atoms. The van der Waals surface area contributed by atoms with Crippen molar-refractivity contribution >= 4 is 101 Å². The Hall–Kier alpha value is -6.98. The molecule has 0 N–H and O–H groups in total. The van der Waals surface area contributed by atoms with Crippen LogP contribution in [0.15, 0.2) is 167 Å². The molecule has 5 heterocycles. The lowest BCUT2D eigenvalue weighted by atomic mass is 9.44. The van der Waals surface area contributed by atoms with Gasteiger partial charge in [-0.3, -0.25) is 0 Å². The van der Waals surface area contributed by atoms with Gasteiger partial charge in [0.05, 0.1) is 22.3 Å². The second kappa shape index (κ2) is 10.1. The molecule has 0 unspecified atom stereocenters. The van der Waals surface area contributed by atoms with Gasteiger partial charge < -0.3 is 18.2 Å². The number of furan rings is 2. The van der Waals surface area contributed by atoms with E-state index in [4.69, 9.17) is 8.83 Å². The van der Waals surface area contributed by atoms with Crippen LogP contribution in [0, 0.1) is 6.92 Å².